The van der Waals surface area contributed by atoms with Gasteiger partial charge >= 0.3 is 0 Å². The zero-order chi connectivity index (χ0) is 19.0. The summed E-state index contributed by atoms with van der Waals surface area (Å²) in [6.45, 7) is 2.59. The highest BCUT2D eigenvalue weighted by atomic mass is 35.5. The molecule has 28 heavy (non-hydrogen) atoms. The molecule has 5 nitrogen and oxygen atoms in total. The molecular weight excluding hydrogens is 374 g/mol. The van der Waals surface area contributed by atoms with Crippen LogP contribution < -0.4 is 16.0 Å². The molecular formula is C22H32ClN3O2. The molecule has 0 aromatic heterocycles. The lowest BCUT2D eigenvalue weighted by Crippen LogP contribution is -2.50. The quantitative estimate of drug-likeness (QED) is 0.790. The third-order valence-electron chi connectivity index (χ3n) is 6.64. The van der Waals surface area contributed by atoms with E-state index in [9.17, 15) is 9.59 Å². The highest BCUT2D eigenvalue weighted by Gasteiger charge is 2.42. The summed E-state index contributed by atoms with van der Waals surface area (Å²) in [7, 11) is 0. The van der Waals surface area contributed by atoms with Crippen LogP contribution in [0.1, 0.15) is 51.0 Å². The monoisotopic (exact) mass is 405 g/mol. The number of nitrogens with one attached hydrogen (secondary N) is 1. The van der Waals surface area contributed by atoms with Crippen molar-refractivity contribution >= 4 is 29.9 Å². The van der Waals surface area contributed by atoms with Gasteiger partial charge in [-0.1, -0.05) is 31.0 Å². The Morgan fingerprint density at radius 1 is 1.14 bits per heavy atom. The Bertz CT molecular complexity index is 721. The van der Waals surface area contributed by atoms with E-state index in [-0.39, 0.29) is 48.1 Å². The molecule has 4 rings (SSSR count). The van der Waals surface area contributed by atoms with Crippen LogP contribution in [-0.2, 0) is 16.0 Å². The van der Waals surface area contributed by atoms with Crippen molar-refractivity contribution in [2.75, 3.05) is 11.4 Å². The summed E-state index contributed by atoms with van der Waals surface area (Å²) in [5, 5.41) is 3.17. The number of nitrogens with zero attached hydrogens (tertiary/aromatic N) is 1. The molecule has 1 aliphatic heterocycles. The number of halogens is 1. The van der Waals surface area contributed by atoms with Gasteiger partial charge in [0.1, 0.15) is 0 Å². The Kier molecular flexibility index (Phi) is 6.66. The van der Waals surface area contributed by atoms with Crippen molar-refractivity contribution in [2.24, 2.45) is 23.5 Å². The van der Waals surface area contributed by atoms with Gasteiger partial charge < -0.3 is 16.0 Å². The van der Waals surface area contributed by atoms with Crippen molar-refractivity contribution in [3.63, 3.8) is 0 Å². The average Bonchev–Trinajstić information content (AvgIpc) is 3.47. The number of nitrogens with two attached hydrogens (primary N) is 1. The Hall–Kier alpha value is -1.59. The van der Waals surface area contributed by atoms with E-state index in [4.69, 9.17) is 5.73 Å². The number of carbonyl (C=O) groups is 2. The first-order chi connectivity index (χ1) is 13.1. The largest absolute Gasteiger partial charge is 0.352 e. The van der Waals surface area contributed by atoms with Gasteiger partial charge in [0, 0.05) is 30.2 Å². The summed E-state index contributed by atoms with van der Waals surface area (Å²) in [6.07, 6.45) is 6.84. The van der Waals surface area contributed by atoms with E-state index < -0.39 is 0 Å². The predicted molar refractivity (Wildman–Crippen MR) is 113 cm³/mol. The minimum Gasteiger partial charge on any atom is -0.352 e. The molecule has 0 bridgehead atoms. The van der Waals surface area contributed by atoms with Crippen LogP contribution in [0.15, 0.2) is 24.3 Å². The maximum atomic E-state index is 13.5. The second-order valence-electron chi connectivity index (χ2n) is 8.58. The number of hydrogen-bond donors (Lipinski definition) is 2. The first kappa shape index (κ1) is 21.1. The summed E-state index contributed by atoms with van der Waals surface area (Å²) >= 11 is 0. The van der Waals surface area contributed by atoms with E-state index in [1.807, 2.05) is 23.1 Å². The van der Waals surface area contributed by atoms with Crippen molar-refractivity contribution < 1.29 is 9.59 Å². The number of para-hydroxylation sites is 1. The molecule has 1 heterocycles. The van der Waals surface area contributed by atoms with E-state index in [1.165, 1.54) is 5.56 Å². The summed E-state index contributed by atoms with van der Waals surface area (Å²) in [5.41, 5.74) is 8.12. The van der Waals surface area contributed by atoms with Crippen molar-refractivity contribution in [2.45, 2.75) is 64.0 Å². The van der Waals surface area contributed by atoms with E-state index >= 15 is 0 Å². The number of carbonyl (C=O) groups excluding carboxylic acids is 2. The number of hydrogen-bond acceptors (Lipinski definition) is 3. The number of amides is 2. The van der Waals surface area contributed by atoms with Crippen LogP contribution in [0.4, 0.5) is 5.69 Å². The Morgan fingerprint density at radius 3 is 2.50 bits per heavy atom. The smallest absolute Gasteiger partial charge is 0.231 e. The molecule has 4 atom stereocenters. The Morgan fingerprint density at radius 2 is 1.82 bits per heavy atom. The maximum Gasteiger partial charge on any atom is 0.231 e. The highest BCUT2D eigenvalue weighted by molar-refractivity contribution is 6.00. The molecule has 3 N–H and O–H groups in total. The molecule has 4 unspecified atom stereocenters. The molecule has 1 aromatic carbocycles. The van der Waals surface area contributed by atoms with E-state index in [2.05, 4.69) is 18.3 Å². The topological polar surface area (TPSA) is 75.4 Å². The fourth-order valence-corrected chi connectivity index (χ4v) is 4.98. The standard InChI is InChI=1S/C22H31N3O2.ClH/c1-14-12-16-6-2-5-9-20(16)25(14)22(27)18-8-4-3-7-17(18)21(26)24-19(13-23)15-10-11-15;/h2,5-6,9,14-15,17-19H,3-4,7-8,10-13,23H2,1H3,(H,24,26);1H. The van der Waals surface area contributed by atoms with Crippen LogP contribution in [0.3, 0.4) is 0 Å². The molecule has 154 valence electrons. The van der Waals surface area contributed by atoms with Crippen LogP contribution >= 0.6 is 12.4 Å². The maximum absolute atomic E-state index is 13.5. The fourth-order valence-electron chi connectivity index (χ4n) is 4.98. The van der Waals surface area contributed by atoms with Crippen LogP contribution in [-0.4, -0.2) is 30.4 Å². The molecule has 3 aliphatic rings. The predicted octanol–water partition coefficient (Wildman–Crippen LogP) is 3.05. The molecule has 1 aromatic rings. The molecule has 0 saturated heterocycles. The average molecular weight is 406 g/mol. The van der Waals surface area contributed by atoms with Gasteiger partial charge in [0.15, 0.2) is 0 Å². The van der Waals surface area contributed by atoms with E-state index in [0.717, 1.165) is 50.6 Å². The third-order valence-corrected chi connectivity index (χ3v) is 6.64. The third kappa shape index (κ3) is 4.06. The minimum atomic E-state index is -0.223. The zero-order valence-electron chi connectivity index (χ0n) is 16.6. The second kappa shape index (κ2) is 8.83. The summed E-state index contributed by atoms with van der Waals surface area (Å²) < 4.78 is 0. The van der Waals surface area contributed by atoms with Gasteiger partial charge in [-0.2, -0.15) is 0 Å². The van der Waals surface area contributed by atoms with Crippen LogP contribution in [0, 0.1) is 17.8 Å². The Balaban J connectivity index is 0.00000225. The molecule has 2 aliphatic carbocycles. The lowest BCUT2D eigenvalue weighted by Gasteiger charge is -2.35. The number of rotatable bonds is 5. The van der Waals surface area contributed by atoms with E-state index in [0.29, 0.717) is 12.5 Å². The van der Waals surface area contributed by atoms with Crippen molar-refractivity contribution in [1.82, 2.24) is 5.32 Å². The highest BCUT2D eigenvalue weighted by Crippen LogP contribution is 2.38. The first-order valence-electron chi connectivity index (χ1n) is 10.5. The van der Waals surface area contributed by atoms with Gasteiger partial charge in [-0.25, -0.2) is 0 Å². The van der Waals surface area contributed by atoms with Gasteiger partial charge in [0.25, 0.3) is 0 Å². The first-order valence-corrected chi connectivity index (χ1v) is 10.5. The normalized spacial score (nSPS) is 27.5. The van der Waals surface area contributed by atoms with Gasteiger partial charge in [-0.3, -0.25) is 9.59 Å². The van der Waals surface area contributed by atoms with Crippen LogP contribution in [0.5, 0.6) is 0 Å². The number of anilines is 1. The SMILES string of the molecule is CC1Cc2ccccc2N1C(=O)C1CCCCC1C(=O)NC(CN)C1CC1.Cl. The Labute approximate surface area is 173 Å². The van der Waals surface area contributed by atoms with Crippen molar-refractivity contribution in [1.29, 1.82) is 0 Å². The molecule has 6 heteroatoms. The van der Waals surface area contributed by atoms with Crippen molar-refractivity contribution in [3.8, 4) is 0 Å². The molecule has 2 saturated carbocycles. The fraction of sp³-hybridized carbons (Fsp3) is 0.636. The van der Waals surface area contributed by atoms with Crippen molar-refractivity contribution in [3.05, 3.63) is 29.8 Å². The van der Waals surface area contributed by atoms with E-state index in [1.54, 1.807) is 0 Å². The number of benzene rings is 1. The van der Waals surface area contributed by atoms with Gasteiger partial charge in [-0.05, 0) is 56.6 Å². The lowest BCUT2D eigenvalue weighted by molar-refractivity contribution is -0.135. The molecule has 0 spiro atoms. The summed E-state index contributed by atoms with van der Waals surface area (Å²) in [4.78, 5) is 28.5. The van der Waals surface area contributed by atoms with Gasteiger partial charge in [0.2, 0.25) is 11.8 Å². The molecule has 0 radical (unpaired) electrons. The van der Waals surface area contributed by atoms with Crippen LogP contribution in [0.25, 0.3) is 0 Å². The summed E-state index contributed by atoms with van der Waals surface area (Å²) in [5.74, 6) is 0.254. The second-order valence-corrected chi connectivity index (χ2v) is 8.58. The number of fused-ring (bicyclic) bond motifs is 1. The zero-order valence-corrected chi connectivity index (χ0v) is 17.4. The lowest BCUT2D eigenvalue weighted by atomic mass is 9.77. The van der Waals surface area contributed by atoms with Crippen LogP contribution in [0.2, 0.25) is 0 Å². The molecule has 2 fully saturated rings. The van der Waals surface area contributed by atoms with Gasteiger partial charge in [0.05, 0.1) is 5.92 Å². The van der Waals surface area contributed by atoms with Gasteiger partial charge in [-0.15, -0.1) is 12.4 Å². The minimum absolute atomic E-state index is 0. The molecule has 2 amide bonds. The summed E-state index contributed by atoms with van der Waals surface area (Å²) in [6, 6.07) is 8.38.